The zero-order valence-corrected chi connectivity index (χ0v) is 19.7. The van der Waals surface area contributed by atoms with E-state index in [1.165, 1.54) is 11.1 Å². The van der Waals surface area contributed by atoms with Crippen LogP contribution in [0, 0.1) is 5.92 Å². The van der Waals surface area contributed by atoms with Crippen LogP contribution >= 0.6 is 0 Å². The molecule has 0 aliphatic heterocycles. The van der Waals surface area contributed by atoms with Crippen LogP contribution in [-0.2, 0) is 29.0 Å². The van der Waals surface area contributed by atoms with Crippen LogP contribution in [0.25, 0.3) is 0 Å². The molecule has 2 aliphatic carbocycles. The molecule has 0 aromatic heterocycles. The molecule has 3 aromatic carbocycles. The number of carbonyl (C=O) groups is 1. The summed E-state index contributed by atoms with van der Waals surface area (Å²) in [6.45, 7) is 0.253. The fourth-order valence-corrected chi connectivity index (χ4v) is 5.88. The molecule has 0 saturated heterocycles. The van der Waals surface area contributed by atoms with E-state index in [0.717, 1.165) is 41.0 Å². The van der Waals surface area contributed by atoms with E-state index in [-0.39, 0.29) is 30.5 Å². The summed E-state index contributed by atoms with van der Waals surface area (Å²) in [5.41, 5.74) is 12.4. The molecule has 176 valence electrons. The molecule has 0 amide bonds. The summed E-state index contributed by atoms with van der Waals surface area (Å²) < 4.78 is 17.3. The smallest absolute Gasteiger partial charge is 0.311 e. The summed E-state index contributed by atoms with van der Waals surface area (Å²) in [5, 5.41) is 0. The van der Waals surface area contributed by atoms with Crippen molar-refractivity contribution in [2.24, 2.45) is 11.7 Å². The largest absolute Gasteiger partial charge is 0.493 e. The third-order valence-electron chi connectivity index (χ3n) is 7.38. The Kier molecular flexibility index (Phi) is 6.29. The standard InChI is InChI=1S/C29H31NO4/c1-32-25-16-21-15-24(30)27(29(31)34-17-18-9-5-3-6-10-18)22-13-20(19-11-7-4-8-12-19)14-23(26(21)22)28(25)33-2/h3-12,16,20,22,24,27H,13-15,17,30H2,1-2H3. The maximum Gasteiger partial charge on any atom is 0.311 e. The van der Waals surface area contributed by atoms with Gasteiger partial charge in [0.25, 0.3) is 0 Å². The van der Waals surface area contributed by atoms with E-state index in [9.17, 15) is 4.79 Å². The quantitative estimate of drug-likeness (QED) is 0.541. The zero-order chi connectivity index (χ0) is 23.7. The van der Waals surface area contributed by atoms with Crippen LogP contribution in [0.2, 0.25) is 0 Å². The number of nitrogens with two attached hydrogens (primary N) is 1. The third kappa shape index (κ3) is 4.05. The highest BCUT2D eigenvalue weighted by molar-refractivity contribution is 5.76. The lowest BCUT2D eigenvalue weighted by atomic mass is 9.62. The van der Waals surface area contributed by atoms with Crippen molar-refractivity contribution >= 4 is 5.97 Å². The van der Waals surface area contributed by atoms with Crippen LogP contribution < -0.4 is 15.2 Å². The third-order valence-corrected chi connectivity index (χ3v) is 7.38. The Bertz CT molecular complexity index is 1160. The van der Waals surface area contributed by atoms with Crippen LogP contribution in [0.3, 0.4) is 0 Å². The van der Waals surface area contributed by atoms with Gasteiger partial charge in [-0.1, -0.05) is 60.7 Å². The van der Waals surface area contributed by atoms with E-state index in [1.54, 1.807) is 14.2 Å². The minimum absolute atomic E-state index is 0.0317. The Morgan fingerprint density at radius 3 is 2.35 bits per heavy atom. The van der Waals surface area contributed by atoms with Crippen LogP contribution in [0.1, 0.15) is 46.1 Å². The van der Waals surface area contributed by atoms with Gasteiger partial charge in [-0.3, -0.25) is 4.79 Å². The maximum absolute atomic E-state index is 13.5. The maximum atomic E-state index is 13.5. The molecule has 5 rings (SSSR count). The Morgan fingerprint density at radius 1 is 0.971 bits per heavy atom. The number of esters is 1. The molecule has 0 radical (unpaired) electrons. The van der Waals surface area contributed by atoms with Crippen molar-refractivity contribution in [3.63, 3.8) is 0 Å². The highest BCUT2D eigenvalue weighted by atomic mass is 16.5. The van der Waals surface area contributed by atoms with Crippen molar-refractivity contribution in [1.29, 1.82) is 0 Å². The van der Waals surface area contributed by atoms with Gasteiger partial charge in [0.1, 0.15) is 6.61 Å². The molecule has 0 bridgehead atoms. The summed E-state index contributed by atoms with van der Waals surface area (Å²) in [6.07, 6.45) is 2.29. The fraction of sp³-hybridized carbons (Fsp3) is 0.345. The lowest BCUT2D eigenvalue weighted by Gasteiger charge is -2.43. The molecule has 0 spiro atoms. The second kappa shape index (κ2) is 9.51. The van der Waals surface area contributed by atoms with Crippen LogP contribution in [0.15, 0.2) is 66.7 Å². The van der Waals surface area contributed by atoms with E-state index < -0.39 is 5.92 Å². The number of rotatable bonds is 6. The minimum atomic E-state index is -0.403. The number of hydrogen-bond donors (Lipinski definition) is 1. The van der Waals surface area contributed by atoms with Gasteiger partial charge in [0.05, 0.1) is 20.1 Å². The van der Waals surface area contributed by atoms with Crippen molar-refractivity contribution < 1.29 is 19.0 Å². The number of benzene rings is 3. The molecule has 0 heterocycles. The molecule has 5 heteroatoms. The highest BCUT2D eigenvalue weighted by Gasteiger charge is 2.46. The van der Waals surface area contributed by atoms with Crippen molar-refractivity contribution in [2.45, 2.75) is 43.7 Å². The van der Waals surface area contributed by atoms with Gasteiger partial charge in [0.2, 0.25) is 0 Å². The summed E-state index contributed by atoms with van der Waals surface area (Å²) >= 11 is 0. The lowest BCUT2D eigenvalue weighted by Crippen LogP contribution is -2.47. The summed E-state index contributed by atoms with van der Waals surface area (Å²) in [7, 11) is 3.35. The van der Waals surface area contributed by atoms with Crippen LogP contribution in [0.4, 0.5) is 0 Å². The molecule has 3 aromatic rings. The molecule has 2 N–H and O–H groups in total. The summed E-state index contributed by atoms with van der Waals surface area (Å²) in [6, 6.07) is 22.0. The van der Waals surface area contributed by atoms with E-state index in [0.29, 0.717) is 6.42 Å². The molecule has 0 fully saturated rings. The van der Waals surface area contributed by atoms with Gasteiger partial charge in [-0.25, -0.2) is 0 Å². The first-order valence-corrected chi connectivity index (χ1v) is 11.9. The summed E-state index contributed by atoms with van der Waals surface area (Å²) in [5.74, 6) is 1.08. The molecule has 5 nitrogen and oxygen atoms in total. The Labute approximate surface area is 200 Å². The van der Waals surface area contributed by atoms with Gasteiger partial charge in [-0.15, -0.1) is 0 Å². The second-order valence-corrected chi connectivity index (χ2v) is 9.30. The number of hydrogen-bond acceptors (Lipinski definition) is 5. The first-order valence-electron chi connectivity index (χ1n) is 11.9. The van der Waals surface area contributed by atoms with Gasteiger partial charge >= 0.3 is 5.97 Å². The molecule has 4 atom stereocenters. The van der Waals surface area contributed by atoms with E-state index in [4.69, 9.17) is 19.9 Å². The second-order valence-electron chi connectivity index (χ2n) is 9.30. The van der Waals surface area contributed by atoms with Gasteiger partial charge in [-0.05, 0) is 59.4 Å². The SMILES string of the molecule is COc1cc2c3c(c1OC)CC(c1ccccc1)CC3C(C(=O)OCc1ccccc1)C(N)C2. The average Bonchev–Trinajstić information content (AvgIpc) is 2.88. The first kappa shape index (κ1) is 22.5. The monoisotopic (exact) mass is 457 g/mol. The van der Waals surface area contributed by atoms with Gasteiger partial charge in [0, 0.05) is 11.6 Å². The zero-order valence-electron chi connectivity index (χ0n) is 19.7. The van der Waals surface area contributed by atoms with E-state index in [1.807, 2.05) is 42.5 Å². The lowest BCUT2D eigenvalue weighted by molar-refractivity contribution is -0.152. The predicted molar refractivity (Wildman–Crippen MR) is 131 cm³/mol. The minimum Gasteiger partial charge on any atom is -0.493 e. The Hall–Kier alpha value is -3.31. The first-order chi connectivity index (χ1) is 16.6. The molecule has 34 heavy (non-hydrogen) atoms. The molecular formula is C29H31NO4. The Balaban J connectivity index is 1.54. The van der Waals surface area contributed by atoms with Gasteiger partial charge < -0.3 is 19.9 Å². The van der Waals surface area contributed by atoms with Crippen molar-refractivity contribution in [2.75, 3.05) is 14.2 Å². The molecule has 0 saturated carbocycles. The van der Waals surface area contributed by atoms with Crippen LogP contribution in [-0.4, -0.2) is 26.2 Å². The van der Waals surface area contributed by atoms with E-state index in [2.05, 4.69) is 24.3 Å². The molecular weight excluding hydrogens is 426 g/mol. The predicted octanol–water partition coefficient (Wildman–Crippen LogP) is 4.76. The Morgan fingerprint density at radius 2 is 1.68 bits per heavy atom. The van der Waals surface area contributed by atoms with Gasteiger partial charge in [-0.2, -0.15) is 0 Å². The topological polar surface area (TPSA) is 70.8 Å². The number of ether oxygens (including phenoxy) is 3. The number of methoxy groups -OCH3 is 2. The van der Waals surface area contributed by atoms with Crippen molar-refractivity contribution in [3.05, 3.63) is 94.5 Å². The summed E-state index contributed by atoms with van der Waals surface area (Å²) in [4.78, 5) is 13.5. The average molecular weight is 458 g/mol. The van der Waals surface area contributed by atoms with Crippen molar-refractivity contribution in [3.8, 4) is 11.5 Å². The molecule has 2 aliphatic rings. The normalized spacial score (nSPS) is 23.0. The van der Waals surface area contributed by atoms with Crippen molar-refractivity contribution in [1.82, 2.24) is 0 Å². The highest BCUT2D eigenvalue weighted by Crippen LogP contribution is 2.53. The van der Waals surface area contributed by atoms with Crippen LogP contribution in [0.5, 0.6) is 11.5 Å². The van der Waals surface area contributed by atoms with E-state index >= 15 is 0 Å². The van der Waals surface area contributed by atoms with Gasteiger partial charge in [0.15, 0.2) is 11.5 Å². The fourth-order valence-electron chi connectivity index (χ4n) is 5.88. The number of carbonyl (C=O) groups excluding carboxylic acids is 1. The molecule has 4 unspecified atom stereocenters.